The summed E-state index contributed by atoms with van der Waals surface area (Å²) >= 11 is 0. The lowest BCUT2D eigenvalue weighted by atomic mass is 9.97. The van der Waals surface area contributed by atoms with Gasteiger partial charge < -0.3 is 15.4 Å². The Balaban J connectivity index is 2.15. The molecule has 0 bridgehead atoms. The number of methoxy groups -OCH3 is 1. The summed E-state index contributed by atoms with van der Waals surface area (Å²) in [5, 5.41) is 5.97. The molecule has 0 unspecified atom stereocenters. The van der Waals surface area contributed by atoms with Crippen molar-refractivity contribution in [2.24, 2.45) is 0 Å². The molecule has 1 aliphatic rings. The molecule has 20 heavy (non-hydrogen) atoms. The molecule has 0 saturated carbocycles. The average Bonchev–Trinajstić information content (AvgIpc) is 2.45. The van der Waals surface area contributed by atoms with Crippen molar-refractivity contribution in [2.45, 2.75) is 32.4 Å². The highest BCUT2D eigenvalue weighted by molar-refractivity contribution is 5.98. The van der Waals surface area contributed by atoms with E-state index in [-0.39, 0.29) is 5.91 Å². The molecule has 5 nitrogen and oxygen atoms in total. The predicted molar refractivity (Wildman–Crippen MR) is 75.4 cm³/mol. The minimum Gasteiger partial charge on any atom is -0.467 e. The Morgan fingerprint density at radius 2 is 2.05 bits per heavy atom. The van der Waals surface area contributed by atoms with E-state index >= 15 is 0 Å². The number of hydrogen-bond donors (Lipinski definition) is 2. The molecule has 108 valence electrons. The summed E-state index contributed by atoms with van der Waals surface area (Å²) in [6.45, 7) is 4.98. The predicted octanol–water partition coefficient (Wildman–Crippen LogP) is 1.01. The minimum absolute atomic E-state index is 0.270. The second-order valence-electron chi connectivity index (χ2n) is 5.48. The number of amides is 1. The highest BCUT2D eigenvalue weighted by atomic mass is 16.5. The number of hydrogen-bond acceptors (Lipinski definition) is 4. The van der Waals surface area contributed by atoms with Crippen LogP contribution in [0, 0.1) is 0 Å². The van der Waals surface area contributed by atoms with Crippen molar-refractivity contribution in [3.63, 3.8) is 0 Å². The van der Waals surface area contributed by atoms with Gasteiger partial charge in [-0.05, 0) is 50.1 Å². The van der Waals surface area contributed by atoms with Gasteiger partial charge in [0.05, 0.1) is 7.11 Å². The van der Waals surface area contributed by atoms with E-state index in [4.69, 9.17) is 0 Å². The van der Waals surface area contributed by atoms with Crippen LogP contribution in [-0.2, 0) is 22.5 Å². The molecule has 0 aromatic heterocycles. The molecule has 0 atom stereocenters. The van der Waals surface area contributed by atoms with Crippen LogP contribution in [0.4, 0.5) is 0 Å². The molecule has 1 aromatic carbocycles. The van der Waals surface area contributed by atoms with E-state index in [2.05, 4.69) is 15.4 Å². The van der Waals surface area contributed by atoms with Crippen molar-refractivity contribution >= 4 is 11.9 Å². The maximum atomic E-state index is 12.2. The number of esters is 1. The lowest BCUT2D eigenvalue weighted by Gasteiger charge is -2.24. The number of nitrogens with one attached hydrogen (secondary N) is 2. The van der Waals surface area contributed by atoms with Gasteiger partial charge in [0.15, 0.2) is 0 Å². The highest BCUT2D eigenvalue weighted by Gasteiger charge is 2.30. The Labute approximate surface area is 118 Å². The minimum atomic E-state index is -1.04. The van der Waals surface area contributed by atoms with Crippen molar-refractivity contribution < 1.29 is 14.3 Å². The van der Waals surface area contributed by atoms with Gasteiger partial charge in [-0.2, -0.15) is 0 Å². The van der Waals surface area contributed by atoms with Crippen molar-refractivity contribution in [3.8, 4) is 0 Å². The zero-order chi connectivity index (χ0) is 14.8. The average molecular weight is 276 g/mol. The molecule has 1 heterocycles. The quantitative estimate of drug-likeness (QED) is 0.809. The van der Waals surface area contributed by atoms with Crippen LogP contribution in [-0.4, -0.2) is 31.1 Å². The molecule has 0 fully saturated rings. The molecule has 0 radical (unpaired) electrons. The van der Waals surface area contributed by atoms with Crippen LogP contribution in [0.5, 0.6) is 0 Å². The number of carbonyl (C=O) groups is 2. The number of fused-ring (bicyclic) bond motifs is 1. The SMILES string of the molecule is COC(=O)C(C)(C)NC(=O)c1ccc2c(c1)CNCC2. The summed E-state index contributed by atoms with van der Waals surface area (Å²) in [6.07, 6.45) is 0.977. The second-order valence-corrected chi connectivity index (χ2v) is 5.48. The number of rotatable bonds is 3. The third-order valence-electron chi connectivity index (χ3n) is 3.48. The molecular formula is C15H20N2O3. The Bertz CT molecular complexity index is 538. The van der Waals surface area contributed by atoms with E-state index in [1.165, 1.54) is 12.7 Å². The van der Waals surface area contributed by atoms with Gasteiger partial charge in [-0.25, -0.2) is 4.79 Å². The van der Waals surface area contributed by atoms with Gasteiger partial charge in [0.25, 0.3) is 5.91 Å². The molecule has 0 spiro atoms. The normalized spacial score (nSPS) is 14.3. The van der Waals surface area contributed by atoms with Crippen LogP contribution in [0.25, 0.3) is 0 Å². The van der Waals surface area contributed by atoms with Gasteiger partial charge in [0.1, 0.15) is 5.54 Å². The summed E-state index contributed by atoms with van der Waals surface area (Å²) in [7, 11) is 1.31. The number of ether oxygens (including phenoxy) is 1. The van der Waals surface area contributed by atoms with Gasteiger partial charge in [0.2, 0.25) is 0 Å². The Morgan fingerprint density at radius 1 is 1.30 bits per heavy atom. The van der Waals surface area contributed by atoms with Crippen LogP contribution in [0.3, 0.4) is 0 Å². The molecule has 1 aromatic rings. The maximum Gasteiger partial charge on any atom is 0.330 e. The second kappa shape index (κ2) is 5.63. The Kier molecular flexibility index (Phi) is 4.09. The van der Waals surface area contributed by atoms with E-state index in [9.17, 15) is 9.59 Å². The van der Waals surface area contributed by atoms with Gasteiger partial charge in [-0.15, -0.1) is 0 Å². The lowest BCUT2D eigenvalue weighted by Crippen LogP contribution is -2.50. The number of benzene rings is 1. The topological polar surface area (TPSA) is 67.4 Å². The van der Waals surface area contributed by atoms with Crippen LogP contribution >= 0.6 is 0 Å². The van der Waals surface area contributed by atoms with Crippen LogP contribution in [0.2, 0.25) is 0 Å². The standard InChI is InChI=1S/C15H20N2O3/c1-15(2,14(19)20-3)17-13(18)11-5-4-10-6-7-16-9-12(10)8-11/h4-5,8,16H,6-7,9H2,1-3H3,(H,17,18). The van der Waals surface area contributed by atoms with Gasteiger partial charge in [-0.3, -0.25) is 4.79 Å². The summed E-state index contributed by atoms with van der Waals surface area (Å²) in [4.78, 5) is 23.8. The maximum absolute atomic E-state index is 12.2. The van der Waals surface area contributed by atoms with Crippen molar-refractivity contribution in [3.05, 3.63) is 34.9 Å². The number of carbonyl (C=O) groups excluding carboxylic acids is 2. The first kappa shape index (κ1) is 14.5. The van der Waals surface area contributed by atoms with E-state index < -0.39 is 11.5 Å². The zero-order valence-corrected chi connectivity index (χ0v) is 12.1. The molecule has 0 saturated heterocycles. The monoisotopic (exact) mass is 276 g/mol. The van der Waals surface area contributed by atoms with E-state index in [1.54, 1.807) is 19.9 Å². The van der Waals surface area contributed by atoms with Gasteiger partial charge >= 0.3 is 5.97 Å². The zero-order valence-electron chi connectivity index (χ0n) is 12.1. The van der Waals surface area contributed by atoms with E-state index in [0.717, 1.165) is 25.1 Å². The largest absolute Gasteiger partial charge is 0.467 e. The third kappa shape index (κ3) is 2.99. The first-order valence-corrected chi connectivity index (χ1v) is 6.67. The first-order chi connectivity index (χ1) is 9.44. The van der Waals surface area contributed by atoms with Gasteiger partial charge in [0, 0.05) is 12.1 Å². The molecule has 1 aliphatic heterocycles. The Hall–Kier alpha value is -1.88. The highest BCUT2D eigenvalue weighted by Crippen LogP contribution is 2.16. The first-order valence-electron chi connectivity index (χ1n) is 6.67. The van der Waals surface area contributed by atoms with Crippen molar-refractivity contribution in [1.29, 1.82) is 0 Å². The van der Waals surface area contributed by atoms with Crippen LogP contribution in [0.1, 0.15) is 35.3 Å². The fourth-order valence-corrected chi connectivity index (χ4v) is 2.28. The molecule has 1 amide bonds. The van der Waals surface area contributed by atoms with Crippen molar-refractivity contribution in [1.82, 2.24) is 10.6 Å². The molecule has 0 aliphatic carbocycles. The van der Waals surface area contributed by atoms with E-state index in [1.807, 2.05) is 12.1 Å². The Morgan fingerprint density at radius 3 is 2.75 bits per heavy atom. The molecule has 2 N–H and O–H groups in total. The fraction of sp³-hybridized carbons (Fsp3) is 0.467. The van der Waals surface area contributed by atoms with Gasteiger partial charge in [-0.1, -0.05) is 6.07 Å². The lowest BCUT2D eigenvalue weighted by molar-refractivity contribution is -0.146. The fourth-order valence-electron chi connectivity index (χ4n) is 2.28. The molecule has 2 rings (SSSR count). The summed E-state index contributed by atoms with van der Waals surface area (Å²) in [5.74, 6) is -0.737. The van der Waals surface area contributed by atoms with Crippen LogP contribution in [0.15, 0.2) is 18.2 Å². The summed E-state index contributed by atoms with van der Waals surface area (Å²) < 4.78 is 4.68. The van der Waals surface area contributed by atoms with E-state index in [0.29, 0.717) is 5.56 Å². The van der Waals surface area contributed by atoms with Crippen LogP contribution < -0.4 is 10.6 Å². The molecule has 5 heteroatoms. The summed E-state index contributed by atoms with van der Waals surface area (Å²) in [5.41, 5.74) is 1.93. The smallest absolute Gasteiger partial charge is 0.330 e. The third-order valence-corrected chi connectivity index (χ3v) is 3.48. The van der Waals surface area contributed by atoms with Crippen molar-refractivity contribution in [2.75, 3.05) is 13.7 Å². The molecular weight excluding hydrogens is 256 g/mol. The summed E-state index contributed by atoms with van der Waals surface area (Å²) in [6, 6.07) is 5.66.